The number of hydrogen-bond acceptors (Lipinski definition) is 3. The molecule has 1 rings (SSSR count). The molecule has 0 aromatic carbocycles. The van der Waals surface area contributed by atoms with Crippen molar-refractivity contribution in [3.63, 3.8) is 0 Å². The van der Waals surface area contributed by atoms with Crippen molar-refractivity contribution in [2.24, 2.45) is 0 Å². The Kier molecular flexibility index (Phi) is 7.09. The van der Waals surface area contributed by atoms with Gasteiger partial charge in [0, 0.05) is 25.2 Å². The summed E-state index contributed by atoms with van der Waals surface area (Å²) in [4.78, 5) is 2.56. The van der Waals surface area contributed by atoms with Gasteiger partial charge < -0.3 is 10.1 Å². The highest BCUT2D eigenvalue weighted by Gasteiger charge is 2.25. The topological polar surface area (TPSA) is 24.5 Å². The minimum Gasteiger partial charge on any atom is -0.377 e. The second-order valence-electron chi connectivity index (χ2n) is 5.04. The molecule has 0 saturated carbocycles. The van der Waals surface area contributed by atoms with Crippen LogP contribution in [0, 0.1) is 0 Å². The Balaban J connectivity index is 2.45. The van der Waals surface area contributed by atoms with Gasteiger partial charge in [-0.1, -0.05) is 20.8 Å². The van der Waals surface area contributed by atoms with Gasteiger partial charge >= 0.3 is 0 Å². The van der Waals surface area contributed by atoms with Crippen LogP contribution in [0.25, 0.3) is 0 Å². The van der Waals surface area contributed by atoms with Crippen molar-refractivity contribution in [3.05, 3.63) is 0 Å². The van der Waals surface area contributed by atoms with E-state index in [-0.39, 0.29) is 0 Å². The first-order valence-electron chi connectivity index (χ1n) is 7.31. The molecule has 0 aliphatic carbocycles. The zero-order chi connectivity index (χ0) is 12.7. The van der Waals surface area contributed by atoms with Crippen LogP contribution in [0.1, 0.15) is 47.0 Å². The standard InChI is InChI=1S/C14H30N2O/c1-5-14(15-6-2)12(4)16(7-3)11-13-9-8-10-17-13/h12-15H,5-11H2,1-4H3. The Morgan fingerprint density at radius 1 is 1.35 bits per heavy atom. The first-order chi connectivity index (χ1) is 8.22. The summed E-state index contributed by atoms with van der Waals surface area (Å²) in [5, 5.41) is 3.59. The molecule has 1 aliphatic heterocycles. The Morgan fingerprint density at radius 2 is 2.12 bits per heavy atom. The fraction of sp³-hybridized carbons (Fsp3) is 1.00. The van der Waals surface area contributed by atoms with E-state index in [9.17, 15) is 0 Å². The van der Waals surface area contributed by atoms with Crippen LogP contribution in [0.2, 0.25) is 0 Å². The molecule has 1 N–H and O–H groups in total. The molecule has 0 bridgehead atoms. The number of hydrogen-bond donors (Lipinski definition) is 1. The van der Waals surface area contributed by atoms with Crippen LogP contribution < -0.4 is 5.32 Å². The van der Waals surface area contributed by atoms with Crippen LogP contribution in [-0.4, -0.2) is 49.3 Å². The van der Waals surface area contributed by atoms with Crippen molar-refractivity contribution in [2.75, 3.05) is 26.2 Å². The fourth-order valence-electron chi connectivity index (χ4n) is 2.81. The van der Waals surface area contributed by atoms with E-state index in [2.05, 4.69) is 37.9 Å². The van der Waals surface area contributed by atoms with Crippen molar-refractivity contribution < 1.29 is 4.74 Å². The third kappa shape index (κ3) is 4.57. The van der Waals surface area contributed by atoms with Gasteiger partial charge in [-0.05, 0) is 39.3 Å². The molecule has 1 heterocycles. The van der Waals surface area contributed by atoms with E-state index in [4.69, 9.17) is 4.74 Å². The Bertz CT molecular complexity index is 193. The van der Waals surface area contributed by atoms with E-state index >= 15 is 0 Å². The van der Waals surface area contributed by atoms with Crippen molar-refractivity contribution in [1.29, 1.82) is 0 Å². The second-order valence-corrected chi connectivity index (χ2v) is 5.04. The maximum absolute atomic E-state index is 5.75. The average Bonchev–Trinajstić information content (AvgIpc) is 2.85. The van der Waals surface area contributed by atoms with Gasteiger partial charge in [-0.25, -0.2) is 0 Å². The first kappa shape index (κ1) is 14.9. The minimum atomic E-state index is 0.469. The third-order valence-corrected chi connectivity index (χ3v) is 3.93. The van der Waals surface area contributed by atoms with Crippen LogP contribution in [0.15, 0.2) is 0 Å². The van der Waals surface area contributed by atoms with Crippen molar-refractivity contribution in [1.82, 2.24) is 10.2 Å². The number of nitrogens with one attached hydrogen (secondary N) is 1. The van der Waals surface area contributed by atoms with Gasteiger partial charge in [-0.2, -0.15) is 0 Å². The maximum atomic E-state index is 5.75. The van der Waals surface area contributed by atoms with Gasteiger partial charge in [0.05, 0.1) is 6.10 Å². The quantitative estimate of drug-likeness (QED) is 0.706. The van der Waals surface area contributed by atoms with Gasteiger partial charge in [0.15, 0.2) is 0 Å². The van der Waals surface area contributed by atoms with Crippen LogP contribution in [0.4, 0.5) is 0 Å². The fourth-order valence-corrected chi connectivity index (χ4v) is 2.81. The molecule has 1 aliphatic rings. The van der Waals surface area contributed by atoms with Crippen LogP contribution in [0.5, 0.6) is 0 Å². The molecule has 3 unspecified atom stereocenters. The summed E-state index contributed by atoms with van der Waals surface area (Å²) in [6, 6.07) is 1.19. The van der Waals surface area contributed by atoms with Crippen LogP contribution in [-0.2, 0) is 4.74 Å². The van der Waals surface area contributed by atoms with Crippen molar-refractivity contribution in [2.45, 2.75) is 65.1 Å². The molecule has 1 fully saturated rings. The normalized spacial score (nSPS) is 24.2. The van der Waals surface area contributed by atoms with E-state index in [1.165, 1.54) is 19.3 Å². The Hall–Kier alpha value is -0.120. The van der Waals surface area contributed by atoms with Crippen molar-refractivity contribution >= 4 is 0 Å². The number of likely N-dealkylation sites (N-methyl/N-ethyl adjacent to an activating group) is 2. The molecule has 3 nitrogen and oxygen atoms in total. The Morgan fingerprint density at radius 3 is 2.59 bits per heavy atom. The molecule has 3 atom stereocenters. The summed E-state index contributed by atoms with van der Waals surface area (Å²) < 4.78 is 5.75. The molecular formula is C14H30N2O. The SMILES string of the molecule is CCNC(CC)C(C)N(CC)CC1CCCO1. The Labute approximate surface area is 107 Å². The molecule has 0 radical (unpaired) electrons. The summed E-state index contributed by atoms with van der Waals surface area (Å²) >= 11 is 0. The third-order valence-electron chi connectivity index (χ3n) is 3.93. The van der Waals surface area contributed by atoms with E-state index in [1.807, 2.05) is 0 Å². The lowest BCUT2D eigenvalue weighted by Crippen LogP contribution is -2.50. The highest BCUT2D eigenvalue weighted by Crippen LogP contribution is 2.16. The molecule has 3 heteroatoms. The maximum Gasteiger partial charge on any atom is 0.0702 e. The molecule has 0 aromatic heterocycles. The second kappa shape index (κ2) is 8.06. The van der Waals surface area contributed by atoms with Crippen LogP contribution in [0.3, 0.4) is 0 Å². The van der Waals surface area contributed by atoms with E-state index in [0.29, 0.717) is 18.2 Å². The van der Waals surface area contributed by atoms with E-state index in [1.54, 1.807) is 0 Å². The van der Waals surface area contributed by atoms with Gasteiger partial charge in [-0.3, -0.25) is 4.90 Å². The molecule has 17 heavy (non-hydrogen) atoms. The van der Waals surface area contributed by atoms with Crippen molar-refractivity contribution in [3.8, 4) is 0 Å². The lowest BCUT2D eigenvalue weighted by Gasteiger charge is -2.35. The largest absolute Gasteiger partial charge is 0.377 e. The lowest BCUT2D eigenvalue weighted by molar-refractivity contribution is 0.0543. The van der Waals surface area contributed by atoms with E-state index < -0.39 is 0 Å². The predicted octanol–water partition coefficient (Wildman–Crippen LogP) is 2.26. The minimum absolute atomic E-state index is 0.469. The van der Waals surface area contributed by atoms with Gasteiger partial charge in [0.25, 0.3) is 0 Å². The number of rotatable bonds is 8. The van der Waals surface area contributed by atoms with Gasteiger partial charge in [0.1, 0.15) is 0 Å². The number of nitrogens with zero attached hydrogens (tertiary/aromatic N) is 1. The monoisotopic (exact) mass is 242 g/mol. The summed E-state index contributed by atoms with van der Waals surface area (Å²) in [6.07, 6.45) is 4.13. The number of ether oxygens (including phenoxy) is 1. The lowest BCUT2D eigenvalue weighted by atomic mass is 10.0. The average molecular weight is 242 g/mol. The van der Waals surface area contributed by atoms with E-state index in [0.717, 1.165) is 26.2 Å². The highest BCUT2D eigenvalue weighted by atomic mass is 16.5. The molecule has 0 aromatic rings. The smallest absolute Gasteiger partial charge is 0.0702 e. The molecule has 0 spiro atoms. The first-order valence-corrected chi connectivity index (χ1v) is 7.31. The molecule has 0 amide bonds. The molecule has 1 saturated heterocycles. The zero-order valence-corrected chi connectivity index (χ0v) is 12.0. The molecular weight excluding hydrogens is 212 g/mol. The summed E-state index contributed by atoms with van der Waals surface area (Å²) in [7, 11) is 0. The van der Waals surface area contributed by atoms with Gasteiger partial charge in [0.2, 0.25) is 0 Å². The zero-order valence-electron chi connectivity index (χ0n) is 12.0. The summed E-state index contributed by atoms with van der Waals surface area (Å²) in [6.45, 7) is 13.3. The summed E-state index contributed by atoms with van der Waals surface area (Å²) in [5.41, 5.74) is 0. The highest BCUT2D eigenvalue weighted by molar-refractivity contribution is 4.82. The molecule has 102 valence electrons. The van der Waals surface area contributed by atoms with Gasteiger partial charge in [-0.15, -0.1) is 0 Å². The van der Waals surface area contributed by atoms with Crippen LogP contribution >= 0.6 is 0 Å². The summed E-state index contributed by atoms with van der Waals surface area (Å²) in [5.74, 6) is 0. The predicted molar refractivity (Wildman–Crippen MR) is 73.4 cm³/mol.